The van der Waals surface area contributed by atoms with Crippen molar-refractivity contribution in [2.24, 2.45) is 5.84 Å². The molecule has 1 heterocycles. The summed E-state index contributed by atoms with van der Waals surface area (Å²) < 4.78 is 5.32. The van der Waals surface area contributed by atoms with Crippen molar-refractivity contribution in [3.05, 3.63) is 35.4 Å². The Morgan fingerprint density at radius 1 is 1.14 bits per heavy atom. The molecule has 0 unspecified atom stereocenters. The number of nitrogens with two attached hydrogens (primary N) is 1. The van der Waals surface area contributed by atoms with Gasteiger partial charge in [-0.3, -0.25) is 5.43 Å². The summed E-state index contributed by atoms with van der Waals surface area (Å²) in [7, 11) is 0. The van der Waals surface area contributed by atoms with Crippen molar-refractivity contribution in [1.82, 2.24) is 15.0 Å². The average molecular weight is 286 g/mol. The Morgan fingerprint density at radius 3 is 2.43 bits per heavy atom. The van der Waals surface area contributed by atoms with E-state index in [-0.39, 0.29) is 18.0 Å². The minimum absolute atomic E-state index is 0.262. The summed E-state index contributed by atoms with van der Waals surface area (Å²) >= 11 is 0. The molecule has 110 valence electrons. The van der Waals surface area contributed by atoms with Gasteiger partial charge in [0, 0.05) is 6.04 Å². The van der Waals surface area contributed by atoms with Gasteiger partial charge in [0.25, 0.3) is 0 Å². The summed E-state index contributed by atoms with van der Waals surface area (Å²) in [5, 5.41) is 3.32. The monoisotopic (exact) mass is 286 g/mol. The van der Waals surface area contributed by atoms with E-state index < -0.39 is 0 Å². The Balaban J connectivity index is 1.75. The summed E-state index contributed by atoms with van der Waals surface area (Å²) in [5.74, 6) is 6.13. The molecule has 21 heavy (non-hydrogen) atoms. The zero-order valence-electron chi connectivity index (χ0n) is 11.8. The van der Waals surface area contributed by atoms with Crippen LogP contribution >= 0.6 is 0 Å². The van der Waals surface area contributed by atoms with E-state index in [0.717, 1.165) is 12.8 Å². The Morgan fingerprint density at radius 2 is 1.81 bits per heavy atom. The maximum Gasteiger partial charge on any atom is 0.323 e. The van der Waals surface area contributed by atoms with Gasteiger partial charge in [0.15, 0.2) is 0 Å². The number of aromatic nitrogens is 3. The average Bonchev–Trinajstić information content (AvgIpc) is 2.89. The van der Waals surface area contributed by atoms with Gasteiger partial charge in [0.2, 0.25) is 11.9 Å². The molecule has 7 nitrogen and oxygen atoms in total. The molecular formula is C14H18N6O. The Bertz CT molecular complexity index is 608. The molecule has 0 aliphatic heterocycles. The van der Waals surface area contributed by atoms with E-state index >= 15 is 0 Å². The van der Waals surface area contributed by atoms with Crippen LogP contribution in [0.1, 0.15) is 18.1 Å². The summed E-state index contributed by atoms with van der Waals surface area (Å²) in [4.78, 5) is 12.5. The van der Waals surface area contributed by atoms with Gasteiger partial charge < -0.3 is 10.1 Å². The number of nitrogens with zero attached hydrogens (tertiary/aromatic N) is 3. The first-order valence-corrected chi connectivity index (χ1v) is 6.97. The normalized spacial score (nSPS) is 13.8. The Kier molecular flexibility index (Phi) is 3.83. The first kappa shape index (κ1) is 13.6. The van der Waals surface area contributed by atoms with Gasteiger partial charge >= 0.3 is 6.01 Å². The van der Waals surface area contributed by atoms with Gasteiger partial charge in [-0.2, -0.15) is 15.0 Å². The number of nitrogens with one attached hydrogen (secondary N) is 2. The Hall–Kier alpha value is -2.41. The third kappa shape index (κ3) is 3.03. The topological polar surface area (TPSA) is 98.0 Å². The van der Waals surface area contributed by atoms with E-state index in [2.05, 4.69) is 50.0 Å². The number of hydrazine groups is 1. The molecule has 0 spiro atoms. The lowest BCUT2D eigenvalue weighted by molar-refractivity contribution is 0.312. The van der Waals surface area contributed by atoms with Gasteiger partial charge in [-0.15, -0.1) is 0 Å². The molecule has 1 aromatic carbocycles. The summed E-state index contributed by atoms with van der Waals surface area (Å²) in [5.41, 5.74) is 5.16. The lowest BCUT2D eigenvalue weighted by Crippen LogP contribution is -2.22. The molecular weight excluding hydrogens is 268 g/mol. The van der Waals surface area contributed by atoms with Crippen LogP contribution in [0.15, 0.2) is 24.3 Å². The second kappa shape index (κ2) is 5.92. The van der Waals surface area contributed by atoms with Crippen molar-refractivity contribution in [2.75, 3.05) is 17.3 Å². The van der Waals surface area contributed by atoms with Crippen molar-refractivity contribution < 1.29 is 4.74 Å². The number of hydrogen-bond donors (Lipinski definition) is 3. The van der Waals surface area contributed by atoms with Gasteiger partial charge in [-0.1, -0.05) is 24.3 Å². The number of nitrogen functional groups attached to an aromatic ring is 1. The highest BCUT2D eigenvalue weighted by molar-refractivity contribution is 5.40. The van der Waals surface area contributed by atoms with Crippen LogP contribution in [0.4, 0.5) is 11.9 Å². The molecule has 0 amide bonds. The van der Waals surface area contributed by atoms with Gasteiger partial charge in [0.05, 0.1) is 6.61 Å². The molecule has 2 aromatic rings. The van der Waals surface area contributed by atoms with Crippen molar-refractivity contribution in [3.63, 3.8) is 0 Å². The van der Waals surface area contributed by atoms with Crippen LogP contribution in [0.25, 0.3) is 0 Å². The lowest BCUT2D eigenvalue weighted by atomic mass is 10.1. The second-order valence-corrected chi connectivity index (χ2v) is 4.86. The number of rotatable bonds is 5. The molecule has 3 rings (SSSR count). The lowest BCUT2D eigenvalue weighted by Gasteiger charge is -2.13. The quantitative estimate of drug-likeness (QED) is 0.560. The minimum Gasteiger partial charge on any atom is -0.464 e. The van der Waals surface area contributed by atoms with Crippen LogP contribution in [0.5, 0.6) is 6.01 Å². The van der Waals surface area contributed by atoms with E-state index in [9.17, 15) is 0 Å². The van der Waals surface area contributed by atoms with Crippen molar-refractivity contribution >= 4 is 11.9 Å². The van der Waals surface area contributed by atoms with E-state index in [1.54, 1.807) is 0 Å². The van der Waals surface area contributed by atoms with E-state index in [1.807, 2.05) is 6.92 Å². The zero-order valence-corrected chi connectivity index (χ0v) is 11.8. The highest BCUT2D eigenvalue weighted by Gasteiger charge is 2.22. The van der Waals surface area contributed by atoms with Crippen LogP contribution in [0, 0.1) is 0 Å². The van der Waals surface area contributed by atoms with Crippen LogP contribution in [-0.4, -0.2) is 27.6 Å². The molecule has 1 aliphatic rings. The maximum atomic E-state index is 5.37. The minimum atomic E-state index is 0.262. The standard InChI is InChI=1S/C14H18N6O/c1-2-21-14-18-12(17-13(19-14)20-15)16-11-7-9-5-3-4-6-10(9)8-11/h3-6,11H,2,7-8,15H2,1H3,(H2,16,17,18,19,20). The van der Waals surface area contributed by atoms with Crippen LogP contribution in [0.3, 0.4) is 0 Å². The molecule has 0 saturated carbocycles. The predicted molar refractivity (Wildman–Crippen MR) is 80.1 cm³/mol. The molecule has 1 aliphatic carbocycles. The molecule has 0 atom stereocenters. The van der Waals surface area contributed by atoms with Gasteiger partial charge in [-0.25, -0.2) is 5.84 Å². The van der Waals surface area contributed by atoms with Crippen LogP contribution < -0.4 is 21.3 Å². The smallest absolute Gasteiger partial charge is 0.323 e. The number of benzene rings is 1. The van der Waals surface area contributed by atoms with Gasteiger partial charge in [-0.05, 0) is 30.9 Å². The number of anilines is 2. The largest absolute Gasteiger partial charge is 0.464 e. The molecule has 0 bridgehead atoms. The predicted octanol–water partition coefficient (Wildman–Crippen LogP) is 1.14. The fourth-order valence-corrected chi connectivity index (χ4v) is 2.52. The fourth-order valence-electron chi connectivity index (χ4n) is 2.52. The second-order valence-electron chi connectivity index (χ2n) is 4.86. The molecule has 0 radical (unpaired) electrons. The summed E-state index contributed by atoms with van der Waals surface area (Å²) in [6.45, 7) is 2.36. The maximum absolute atomic E-state index is 5.37. The number of hydrogen-bond acceptors (Lipinski definition) is 7. The summed E-state index contributed by atoms with van der Waals surface area (Å²) in [6.07, 6.45) is 1.91. The van der Waals surface area contributed by atoms with Gasteiger partial charge in [0.1, 0.15) is 0 Å². The van der Waals surface area contributed by atoms with Crippen molar-refractivity contribution in [2.45, 2.75) is 25.8 Å². The molecule has 4 N–H and O–H groups in total. The first-order valence-electron chi connectivity index (χ1n) is 6.97. The molecule has 1 aromatic heterocycles. The third-order valence-corrected chi connectivity index (χ3v) is 3.40. The SMILES string of the molecule is CCOc1nc(NN)nc(NC2Cc3ccccc3C2)n1. The van der Waals surface area contributed by atoms with E-state index in [1.165, 1.54) is 11.1 Å². The molecule has 7 heteroatoms. The summed E-state index contributed by atoms with van der Waals surface area (Å²) in [6, 6.07) is 8.97. The number of fused-ring (bicyclic) bond motifs is 1. The number of ether oxygens (including phenoxy) is 1. The van der Waals surface area contributed by atoms with Crippen molar-refractivity contribution in [1.29, 1.82) is 0 Å². The van der Waals surface area contributed by atoms with E-state index in [0.29, 0.717) is 12.6 Å². The van der Waals surface area contributed by atoms with Crippen LogP contribution in [0.2, 0.25) is 0 Å². The third-order valence-electron chi connectivity index (χ3n) is 3.40. The zero-order chi connectivity index (χ0) is 14.7. The highest BCUT2D eigenvalue weighted by Crippen LogP contribution is 2.24. The van der Waals surface area contributed by atoms with E-state index in [4.69, 9.17) is 10.6 Å². The Labute approximate surface area is 122 Å². The fraction of sp³-hybridized carbons (Fsp3) is 0.357. The first-order chi connectivity index (χ1) is 10.3. The van der Waals surface area contributed by atoms with Crippen LogP contribution in [-0.2, 0) is 12.8 Å². The highest BCUT2D eigenvalue weighted by atomic mass is 16.5. The molecule has 0 fully saturated rings. The molecule has 0 saturated heterocycles. The van der Waals surface area contributed by atoms with Crippen molar-refractivity contribution in [3.8, 4) is 6.01 Å².